The normalized spacial score (nSPS) is 10.4. The third-order valence-corrected chi connectivity index (χ3v) is 2.70. The second kappa shape index (κ2) is 9.53. The first-order valence-electron chi connectivity index (χ1n) is 6.93. The molecule has 0 atom stereocenters. The Hall–Kier alpha value is -1.39. The fourth-order valence-electron chi connectivity index (χ4n) is 1.75. The first kappa shape index (κ1) is 15.7. The number of ether oxygens (including phenoxy) is 1. The molecule has 1 aromatic rings. The molecular weight excluding hydrogens is 240 g/mol. The summed E-state index contributed by atoms with van der Waals surface area (Å²) in [4.78, 5) is 11.7. The molecule has 4 heteroatoms. The van der Waals surface area contributed by atoms with Crippen LogP contribution in [0.25, 0.3) is 0 Å². The molecule has 0 spiro atoms. The first-order valence-corrected chi connectivity index (χ1v) is 6.93. The maximum Gasteiger partial charge on any atom is 0.226 e. The summed E-state index contributed by atoms with van der Waals surface area (Å²) in [6.45, 7) is 3.92. The van der Waals surface area contributed by atoms with Crippen molar-refractivity contribution in [1.29, 1.82) is 0 Å². The molecule has 0 bridgehead atoms. The van der Waals surface area contributed by atoms with Gasteiger partial charge < -0.3 is 15.8 Å². The van der Waals surface area contributed by atoms with Gasteiger partial charge in [0, 0.05) is 12.3 Å². The average molecular weight is 264 g/mol. The Morgan fingerprint density at radius 3 is 2.95 bits per heavy atom. The number of carbonyl (C=O) groups is 1. The molecule has 0 fully saturated rings. The van der Waals surface area contributed by atoms with Crippen LogP contribution in [0.5, 0.6) is 0 Å². The minimum atomic E-state index is -0.00734. The predicted octanol–water partition coefficient (Wildman–Crippen LogP) is 2.33. The number of nitrogens with one attached hydrogen (secondary N) is 1. The van der Waals surface area contributed by atoms with Gasteiger partial charge in [-0.05, 0) is 43.5 Å². The van der Waals surface area contributed by atoms with Crippen molar-refractivity contribution in [3.8, 4) is 0 Å². The Bertz CT molecular complexity index is 380. The molecule has 1 rings (SSSR count). The molecule has 106 valence electrons. The minimum absolute atomic E-state index is 0.00734. The van der Waals surface area contributed by atoms with E-state index in [1.165, 1.54) is 5.56 Å². The van der Waals surface area contributed by atoms with Crippen molar-refractivity contribution in [1.82, 2.24) is 0 Å². The van der Waals surface area contributed by atoms with Crippen molar-refractivity contribution >= 4 is 11.6 Å². The molecule has 0 aromatic heterocycles. The number of hydrogen-bond donors (Lipinski definition) is 2. The highest BCUT2D eigenvalue weighted by Gasteiger charge is 2.03. The predicted molar refractivity (Wildman–Crippen MR) is 78.2 cm³/mol. The average Bonchev–Trinajstić information content (AvgIpc) is 2.42. The number of rotatable bonds is 9. The third-order valence-electron chi connectivity index (χ3n) is 2.70. The van der Waals surface area contributed by atoms with E-state index in [1.807, 2.05) is 25.1 Å². The summed E-state index contributed by atoms with van der Waals surface area (Å²) < 4.78 is 5.29. The van der Waals surface area contributed by atoms with E-state index in [0.717, 1.165) is 24.9 Å². The number of carbonyl (C=O) groups excluding carboxylic acids is 1. The van der Waals surface area contributed by atoms with Crippen LogP contribution in [0.4, 0.5) is 5.69 Å². The van der Waals surface area contributed by atoms with E-state index in [1.54, 1.807) is 0 Å². The summed E-state index contributed by atoms with van der Waals surface area (Å²) in [5.41, 5.74) is 7.53. The van der Waals surface area contributed by atoms with E-state index in [0.29, 0.717) is 26.2 Å². The van der Waals surface area contributed by atoms with Crippen molar-refractivity contribution in [3.63, 3.8) is 0 Å². The second-order valence-electron chi connectivity index (χ2n) is 4.50. The summed E-state index contributed by atoms with van der Waals surface area (Å²) >= 11 is 0. The van der Waals surface area contributed by atoms with E-state index in [4.69, 9.17) is 10.5 Å². The summed E-state index contributed by atoms with van der Waals surface area (Å²) in [7, 11) is 0. The Morgan fingerprint density at radius 2 is 2.21 bits per heavy atom. The standard InChI is InChI=1S/C15H24N2O2/c1-2-10-19-11-8-15(18)17-14-7-3-5-13(12-14)6-4-9-16/h3,5,7,12H,2,4,6,8-11,16H2,1H3,(H,17,18). The molecule has 0 heterocycles. The molecule has 3 N–H and O–H groups in total. The van der Waals surface area contributed by atoms with Gasteiger partial charge in [-0.1, -0.05) is 19.1 Å². The van der Waals surface area contributed by atoms with Gasteiger partial charge in [-0.2, -0.15) is 0 Å². The Balaban J connectivity index is 2.36. The Morgan fingerprint density at radius 1 is 1.37 bits per heavy atom. The van der Waals surface area contributed by atoms with E-state index >= 15 is 0 Å². The maximum absolute atomic E-state index is 11.7. The van der Waals surface area contributed by atoms with Crippen LogP contribution in [0.15, 0.2) is 24.3 Å². The fraction of sp³-hybridized carbons (Fsp3) is 0.533. The largest absolute Gasteiger partial charge is 0.381 e. The smallest absolute Gasteiger partial charge is 0.226 e. The van der Waals surface area contributed by atoms with Crippen molar-refractivity contribution < 1.29 is 9.53 Å². The van der Waals surface area contributed by atoms with Gasteiger partial charge in [0.2, 0.25) is 5.91 Å². The highest BCUT2D eigenvalue weighted by Crippen LogP contribution is 2.12. The van der Waals surface area contributed by atoms with E-state index in [2.05, 4.69) is 11.4 Å². The Labute approximate surface area is 115 Å². The van der Waals surface area contributed by atoms with Gasteiger partial charge in [0.15, 0.2) is 0 Å². The highest BCUT2D eigenvalue weighted by atomic mass is 16.5. The molecule has 0 aliphatic rings. The highest BCUT2D eigenvalue weighted by molar-refractivity contribution is 5.90. The Kier molecular flexibility index (Phi) is 7.86. The summed E-state index contributed by atoms with van der Waals surface area (Å²) in [6, 6.07) is 7.90. The summed E-state index contributed by atoms with van der Waals surface area (Å²) in [5.74, 6) is -0.00734. The lowest BCUT2D eigenvalue weighted by atomic mass is 10.1. The number of hydrogen-bond acceptors (Lipinski definition) is 3. The topological polar surface area (TPSA) is 64.3 Å². The van der Waals surface area contributed by atoms with Crippen LogP contribution in [-0.2, 0) is 16.0 Å². The summed E-state index contributed by atoms with van der Waals surface area (Å²) in [6.07, 6.45) is 3.28. The van der Waals surface area contributed by atoms with Gasteiger partial charge in [0.05, 0.1) is 13.0 Å². The van der Waals surface area contributed by atoms with Crippen LogP contribution in [0, 0.1) is 0 Å². The third kappa shape index (κ3) is 6.94. The van der Waals surface area contributed by atoms with Gasteiger partial charge in [-0.3, -0.25) is 4.79 Å². The molecule has 0 saturated heterocycles. The van der Waals surface area contributed by atoms with Crippen molar-refractivity contribution in [2.75, 3.05) is 25.1 Å². The monoisotopic (exact) mass is 264 g/mol. The first-order chi connectivity index (χ1) is 9.26. The quantitative estimate of drug-likeness (QED) is 0.673. The van der Waals surface area contributed by atoms with Crippen molar-refractivity contribution in [3.05, 3.63) is 29.8 Å². The van der Waals surface area contributed by atoms with E-state index in [9.17, 15) is 4.79 Å². The van der Waals surface area contributed by atoms with Crippen LogP contribution in [0.2, 0.25) is 0 Å². The van der Waals surface area contributed by atoms with Crippen molar-refractivity contribution in [2.45, 2.75) is 32.6 Å². The van der Waals surface area contributed by atoms with E-state index < -0.39 is 0 Å². The van der Waals surface area contributed by atoms with Gasteiger partial charge in [0.25, 0.3) is 0 Å². The zero-order chi connectivity index (χ0) is 13.9. The van der Waals surface area contributed by atoms with Crippen LogP contribution in [0.1, 0.15) is 31.7 Å². The van der Waals surface area contributed by atoms with Gasteiger partial charge in [-0.15, -0.1) is 0 Å². The van der Waals surface area contributed by atoms with Gasteiger partial charge >= 0.3 is 0 Å². The van der Waals surface area contributed by atoms with Gasteiger partial charge in [0.1, 0.15) is 0 Å². The minimum Gasteiger partial charge on any atom is -0.381 e. The number of amides is 1. The lowest BCUT2D eigenvalue weighted by Crippen LogP contribution is -2.14. The number of anilines is 1. The molecule has 4 nitrogen and oxygen atoms in total. The number of aryl methyl sites for hydroxylation is 1. The molecular formula is C15H24N2O2. The molecule has 0 aliphatic heterocycles. The zero-order valence-electron chi connectivity index (χ0n) is 11.7. The van der Waals surface area contributed by atoms with Gasteiger partial charge in [-0.25, -0.2) is 0 Å². The molecule has 1 amide bonds. The number of nitrogens with two attached hydrogens (primary N) is 1. The van der Waals surface area contributed by atoms with Crippen LogP contribution in [0.3, 0.4) is 0 Å². The molecule has 1 aromatic carbocycles. The molecule has 19 heavy (non-hydrogen) atoms. The maximum atomic E-state index is 11.7. The van der Waals surface area contributed by atoms with Crippen molar-refractivity contribution in [2.24, 2.45) is 5.73 Å². The SMILES string of the molecule is CCCOCCC(=O)Nc1cccc(CCCN)c1. The second-order valence-corrected chi connectivity index (χ2v) is 4.50. The zero-order valence-corrected chi connectivity index (χ0v) is 11.7. The van der Waals surface area contributed by atoms with Crippen LogP contribution in [-0.4, -0.2) is 25.7 Å². The number of benzene rings is 1. The fourth-order valence-corrected chi connectivity index (χ4v) is 1.75. The molecule has 0 radical (unpaired) electrons. The van der Waals surface area contributed by atoms with E-state index in [-0.39, 0.29) is 5.91 Å². The summed E-state index contributed by atoms with van der Waals surface area (Å²) in [5, 5.41) is 2.89. The molecule has 0 aliphatic carbocycles. The molecule has 0 saturated carbocycles. The molecule has 0 unspecified atom stereocenters. The van der Waals surface area contributed by atoms with Crippen LogP contribution >= 0.6 is 0 Å². The lowest BCUT2D eigenvalue weighted by molar-refractivity contribution is -0.117. The van der Waals surface area contributed by atoms with Crippen LogP contribution < -0.4 is 11.1 Å². The lowest BCUT2D eigenvalue weighted by Gasteiger charge is -2.07.